The number of carbonyl (C=O) groups is 1. The first-order valence-corrected chi connectivity index (χ1v) is 11.7. The Bertz CT molecular complexity index is 1680. The second kappa shape index (κ2) is 9.89. The highest BCUT2D eigenvalue weighted by atomic mass is 19.3. The quantitative estimate of drug-likeness (QED) is 0.257. The molecular weight excluding hydrogens is 492 g/mol. The van der Waals surface area contributed by atoms with E-state index in [1.807, 2.05) is 56.3 Å². The third-order valence-corrected chi connectivity index (χ3v) is 6.17. The van der Waals surface area contributed by atoms with E-state index in [1.165, 1.54) is 6.07 Å². The van der Waals surface area contributed by atoms with Crippen molar-refractivity contribution in [3.8, 4) is 22.6 Å². The Morgan fingerprint density at radius 2 is 1.71 bits per heavy atom. The number of aromatic carboxylic acids is 1. The van der Waals surface area contributed by atoms with Crippen LogP contribution in [0.2, 0.25) is 0 Å². The van der Waals surface area contributed by atoms with Gasteiger partial charge in [-0.25, -0.2) is 9.48 Å². The van der Waals surface area contributed by atoms with Gasteiger partial charge in [0.15, 0.2) is 0 Å². The number of hydrogen-bond acceptors (Lipinski definition) is 6. The van der Waals surface area contributed by atoms with Crippen molar-refractivity contribution in [3.05, 3.63) is 89.4 Å². The number of hydrogen-bond donors (Lipinski definition) is 2. The Kier molecular flexibility index (Phi) is 6.46. The second-order valence-electron chi connectivity index (χ2n) is 8.74. The molecule has 0 aliphatic carbocycles. The number of ether oxygens (including phenoxy) is 1. The molecule has 2 aromatic heterocycles. The van der Waals surface area contributed by atoms with Gasteiger partial charge < -0.3 is 15.2 Å². The minimum absolute atomic E-state index is 0.217. The van der Waals surface area contributed by atoms with Crippen LogP contribution in [0.4, 0.5) is 20.3 Å². The number of halogens is 2. The summed E-state index contributed by atoms with van der Waals surface area (Å²) in [5, 5.41) is 18.0. The van der Waals surface area contributed by atoms with E-state index < -0.39 is 12.6 Å². The molecule has 0 bridgehead atoms. The average molecular weight is 516 g/mol. The third-order valence-electron chi connectivity index (χ3n) is 6.17. The summed E-state index contributed by atoms with van der Waals surface area (Å²) in [7, 11) is 0. The number of para-hydroxylation sites is 1. The van der Waals surface area contributed by atoms with E-state index in [9.17, 15) is 18.7 Å². The SMILES string of the molecule is Cc1ccccc1-n1nc(C)c(-c2ccc3nccnc3c2)c1Nc1c(C)cc(OC(F)F)cc1C(=O)O. The van der Waals surface area contributed by atoms with Crippen molar-refractivity contribution >= 4 is 28.5 Å². The van der Waals surface area contributed by atoms with Crippen molar-refractivity contribution in [1.29, 1.82) is 0 Å². The van der Waals surface area contributed by atoms with E-state index in [0.29, 0.717) is 22.6 Å². The fraction of sp³-hybridized carbons (Fsp3) is 0.143. The third kappa shape index (κ3) is 4.63. The van der Waals surface area contributed by atoms with Gasteiger partial charge in [0.05, 0.1) is 33.7 Å². The maximum Gasteiger partial charge on any atom is 0.387 e. The molecule has 0 unspecified atom stereocenters. The molecule has 5 rings (SSSR count). The molecule has 10 heteroatoms. The zero-order valence-electron chi connectivity index (χ0n) is 20.7. The lowest BCUT2D eigenvalue weighted by Gasteiger charge is -2.18. The highest BCUT2D eigenvalue weighted by molar-refractivity contribution is 5.98. The molecule has 0 atom stereocenters. The van der Waals surface area contributed by atoms with Gasteiger partial charge in [-0.2, -0.15) is 13.9 Å². The summed E-state index contributed by atoms with van der Waals surface area (Å²) in [6.45, 7) is 2.36. The predicted octanol–water partition coefficient (Wildman–Crippen LogP) is 6.45. The fourth-order valence-electron chi connectivity index (χ4n) is 4.46. The van der Waals surface area contributed by atoms with E-state index in [1.54, 1.807) is 24.0 Å². The van der Waals surface area contributed by atoms with Crippen LogP contribution in [0.25, 0.3) is 27.8 Å². The number of aromatic nitrogens is 4. The van der Waals surface area contributed by atoms with E-state index in [-0.39, 0.29) is 17.0 Å². The molecule has 0 spiro atoms. The van der Waals surface area contributed by atoms with E-state index in [2.05, 4.69) is 20.0 Å². The molecule has 0 saturated heterocycles. The van der Waals surface area contributed by atoms with Crippen molar-refractivity contribution in [2.75, 3.05) is 5.32 Å². The van der Waals surface area contributed by atoms with Crippen LogP contribution in [0.1, 0.15) is 27.2 Å². The summed E-state index contributed by atoms with van der Waals surface area (Å²) in [5.74, 6) is -1.03. The summed E-state index contributed by atoms with van der Waals surface area (Å²) in [5.41, 5.74) is 5.79. The van der Waals surface area contributed by atoms with Crippen molar-refractivity contribution < 1.29 is 23.4 Å². The molecule has 38 heavy (non-hydrogen) atoms. The maximum absolute atomic E-state index is 12.9. The van der Waals surface area contributed by atoms with Gasteiger partial charge >= 0.3 is 12.6 Å². The minimum Gasteiger partial charge on any atom is -0.478 e. The monoisotopic (exact) mass is 515 g/mol. The van der Waals surface area contributed by atoms with Crippen LogP contribution in [-0.4, -0.2) is 37.4 Å². The summed E-state index contributed by atoms with van der Waals surface area (Å²) in [4.78, 5) is 20.9. The topological polar surface area (TPSA) is 102 Å². The molecule has 2 N–H and O–H groups in total. The number of anilines is 2. The van der Waals surface area contributed by atoms with Crippen molar-refractivity contribution in [2.45, 2.75) is 27.4 Å². The Morgan fingerprint density at radius 3 is 2.42 bits per heavy atom. The molecule has 8 nitrogen and oxygen atoms in total. The molecule has 0 amide bonds. The maximum atomic E-state index is 12.9. The zero-order chi connectivity index (χ0) is 27.0. The molecule has 2 heterocycles. The number of carboxylic acid groups (broad SMARTS) is 1. The Labute approximate surface area is 216 Å². The lowest BCUT2D eigenvalue weighted by Crippen LogP contribution is -2.11. The second-order valence-corrected chi connectivity index (χ2v) is 8.74. The molecule has 0 aliphatic rings. The van der Waals surface area contributed by atoms with Gasteiger partial charge in [0.25, 0.3) is 0 Å². The fourth-order valence-corrected chi connectivity index (χ4v) is 4.46. The van der Waals surface area contributed by atoms with Gasteiger partial charge in [-0.15, -0.1) is 0 Å². The number of aryl methyl sites for hydroxylation is 3. The van der Waals surface area contributed by atoms with Gasteiger partial charge in [0.1, 0.15) is 11.6 Å². The Balaban J connectivity index is 1.74. The van der Waals surface area contributed by atoms with Gasteiger partial charge in [-0.1, -0.05) is 24.3 Å². The molecule has 192 valence electrons. The first-order chi connectivity index (χ1) is 18.2. The predicted molar refractivity (Wildman–Crippen MR) is 140 cm³/mol. The summed E-state index contributed by atoms with van der Waals surface area (Å²) < 4.78 is 31.9. The summed E-state index contributed by atoms with van der Waals surface area (Å²) in [6.07, 6.45) is 3.23. The van der Waals surface area contributed by atoms with Crippen LogP contribution in [0.5, 0.6) is 5.75 Å². The molecular formula is C28H23F2N5O3. The molecule has 0 fully saturated rings. The number of benzene rings is 3. The zero-order valence-corrected chi connectivity index (χ0v) is 20.7. The molecule has 0 saturated carbocycles. The van der Waals surface area contributed by atoms with Crippen molar-refractivity contribution in [3.63, 3.8) is 0 Å². The highest BCUT2D eigenvalue weighted by Gasteiger charge is 2.24. The normalized spacial score (nSPS) is 11.2. The molecule has 0 radical (unpaired) electrons. The minimum atomic E-state index is -3.08. The number of alkyl halides is 2. The number of nitrogens with one attached hydrogen (secondary N) is 1. The van der Waals surface area contributed by atoms with Crippen LogP contribution in [0, 0.1) is 20.8 Å². The lowest BCUT2D eigenvalue weighted by atomic mass is 10.0. The van der Waals surface area contributed by atoms with Crippen LogP contribution in [-0.2, 0) is 0 Å². The van der Waals surface area contributed by atoms with Crippen molar-refractivity contribution in [2.24, 2.45) is 0 Å². The van der Waals surface area contributed by atoms with Gasteiger partial charge in [0, 0.05) is 18.0 Å². The molecule has 3 aromatic carbocycles. The average Bonchev–Trinajstić information content (AvgIpc) is 3.20. The molecule has 0 aliphatic heterocycles. The van der Waals surface area contributed by atoms with Crippen molar-refractivity contribution in [1.82, 2.24) is 19.7 Å². The Hall–Kier alpha value is -4.86. The lowest BCUT2D eigenvalue weighted by molar-refractivity contribution is -0.0499. The largest absolute Gasteiger partial charge is 0.478 e. The number of nitrogens with zero attached hydrogens (tertiary/aromatic N) is 4. The number of carboxylic acids is 1. The first-order valence-electron chi connectivity index (χ1n) is 11.7. The number of fused-ring (bicyclic) bond motifs is 1. The van der Waals surface area contributed by atoms with Gasteiger partial charge in [-0.3, -0.25) is 9.97 Å². The first kappa shape index (κ1) is 24.8. The highest BCUT2D eigenvalue weighted by Crippen LogP contribution is 2.39. The van der Waals surface area contributed by atoms with E-state index in [0.717, 1.165) is 34.0 Å². The van der Waals surface area contributed by atoms with Crippen LogP contribution in [0.3, 0.4) is 0 Å². The van der Waals surface area contributed by atoms with E-state index >= 15 is 0 Å². The summed E-state index contributed by atoms with van der Waals surface area (Å²) in [6, 6.07) is 15.8. The standard InChI is InChI=1S/C28H23F2N5O3/c1-15-6-4-5-7-23(15)35-26(33-25-16(2)12-19(38-28(29)30)14-20(25)27(36)37)24(17(3)34-35)18-8-9-21-22(13-18)32-11-10-31-21/h4-14,28,33H,1-3H3,(H,36,37). The van der Waals surface area contributed by atoms with Gasteiger partial charge in [-0.05, 0) is 67.8 Å². The smallest absolute Gasteiger partial charge is 0.387 e. The number of rotatable bonds is 7. The molecule has 5 aromatic rings. The van der Waals surface area contributed by atoms with Crippen LogP contribution in [0.15, 0.2) is 67.0 Å². The van der Waals surface area contributed by atoms with E-state index in [4.69, 9.17) is 5.10 Å². The Morgan fingerprint density at radius 1 is 0.974 bits per heavy atom. The summed E-state index contributed by atoms with van der Waals surface area (Å²) >= 11 is 0. The van der Waals surface area contributed by atoms with Crippen LogP contribution < -0.4 is 10.1 Å². The van der Waals surface area contributed by atoms with Crippen LogP contribution >= 0.6 is 0 Å². The van der Waals surface area contributed by atoms with Gasteiger partial charge in [0.2, 0.25) is 0 Å².